The maximum atomic E-state index is 11.8. The van der Waals surface area contributed by atoms with Gasteiger partial charge in [0.25, 0.3) is 0 Å². The summed E-state index contributed by atoms with van der Waals surface area (Å²) in [6.07, 6.45) is 1.89. The third kappa shape index (κ3) is 2.67. The zero-order valence-electron chi connectivity index (χ0n) is 8.59. The molecular formula is C11H12Cl2N2O. The smallest absolute Gasteiger partial charge is 0.241 e. The van der Waals surface area contributed by atoms with E-state index in [-0.39, 0.29) is 11.9 Å². The summed E-state index contributed by atoms with van der Waals surface area (Å²) >= 11 is 11.8. The molecule has 1 fully saturated rings. The Bertz CT molecular complexity index is 403. The van der Waals surface area contributed by atoms with E-state index >= 15 is 0 Å². The van der Waals surface area contributed by atoms with Gasteiger partial charge in [0.15, 0.2) is 0 Å². The molecule has 2 N–H and O–H groups in total. The molecule has 0 bridgehead atoms. The van der Waals surface area contributed by atoms with Gasteiger partial charge in [-0.15, -0.1) is 0 Å². The number of hydrogen-bond acceptors (Lipinski definition) is 2. The molecule has 0 saturated carbocycles. The third-order valence-corrected chi connectivity index (χ3v) is 3.13. The molecular weight excluding hydrogens is 247 g/mol. The monoisotopic (exact) mass is 258 g/mol. The van der Waals surface area contributed by atoms with Gasteiger partial charge in [-0.1, -0.05) is 23.2 Å². The van der Waals surface area contributed by atoms with E-state index in [1.165, 1.54) is 0 Å². The number of anilines is 1. The minimum atomic E-state index is -0.116. The lowest BCUT2D eigenvalue weighted by Gasteiger charge is -2.12. The highest BCUT2D eigenvalue weighted by molar-refractivity contribution is 6.35. The minimum absolute atomic E-state index is 0.0540. The van der Waals surface area contributed by atoms with Crippen LogP contribution >= 0.6 is 23.2 Å². The maximum absolute atomic E-state index is 11.8. The second kappa shape index (κ2) is 5.04. The fourth-order valence-electron chi connectivity index (χ4n) is 1.72. The molecule has 1 saturated heterocycles. The van der Waals surface area contributed by atoms with Crippen molar-refractivity contribution in [1.29, 1.82) is 0 Å². The molecule has 3 nitrogen and oxygen atoms in total. The van der Waals surface area contributed by atoms with Gasteiger partial charge in [-0.05, 0) is 37.6 Å². The van der Waals surface area contributed by atoms with E-state index in [4.69, 9.17) is 23.2 Å². The fourth-order valence-corrected chi connectivity index (χ4v) is 2.06. The number of carbonyl (C=O) groups excluding carboxylic acids is 1. The Kier molecular flexibility index (Phi) is 3.69. The van der Waals surface area contributed by atoms with Crippen molar-refractivity contribution < 1.29 is 4.79 Å². The first-order valence-electron chi connectivity index (χ1n) is 5.16. The number of amides is 1. The molecule has 0 aromatic heterocycles. The molecule has 1 heterocycles. The van der Waals surface area contributed by atoms with Crippen LogP contribution in [0.15, 0.2) is 18.2 Å². The van der Waals surface area contributed by atoms with Crippen LogP contribution in [0.3, 0.4) is 0 Å². The van der Waals surface area contributed by atoms with E-state index in [0.29, 0.717) is 15.7 Å². The molecule has 0 spiro atoms. The summed E-state index contributed by atoms with van der Waals surface area (Å²) in [6, 6.07) is 4.89. The summed E-state index contributed by atoms with van der Waals surface area (Å²) in [4.78, 5) is 11.8. The number of nitrogens with one attached hydrogen (secondary N) is 2. The van der Waals surface area contributed by atoms with Crippen LogP contribution in [0.1, 0.15) is 12.8 Å². The molecule has 0 aliphatic carbocycles. The SMILES string of the molecule is O=C(Nc1cc(Cl)ccc1Cl)[C@H]1CCCN1. The quantitative estimate of drug-likeness (QED) is 0.857. The van der Waals surface area contributed by atoms with Crippen LogP contribution in [0, 0.1) is 0 Å². The number of rotatable bonds is 2. The minimum Gasteiger partial charge on any atom is -0.323 e. The standard InChI is InChI=1S/C11H12Cl2N2O/c12-7-3-4-8(13)10(6-7)15-11(16)9-2-1-5-14-9/h3-4,6,9,14H,1-2,5H2,(H,15,16)/t9-/m1/s1. The first-order valence-corrected chi connectivity index (χ1v) is 5.92. The van der Waals surface area contributed by atoms with Crippen molar-refractivity contribution in [2.24, 2.45) is 0 Å². The lowest BCUT2D eigenvalue weighted by molar-refractivity contribution is -0.117. The number of halogens is 2. The molecule has 2 rings (SSSR count). The summed E-state index contributed by atoms with van der Waals surface area (Å²) in [5.74, 6) is -0.0540. The normalized spacial score (nSPS) is 19.8. The zero-order valence-corrected chi connectivity index (χ0v) is 10.1. The Morgan fingerprint density at radius 2 is 2.25 bits per heavy atom. The van der Waals surface area contributed by atoms with Crippen molar-refractivity contribution in [1.82, 2.24) is 5.32 Å². The number of benzene rings is 1. The Balaban J connectivity index is 2.07. The van der Waals surface area contributed by atoms with Crippen LogP contribution in [0.2, 0.25) is 10.0 Å². The van der Waals surface area contributed by atoms with Gasteiger partial charge < -0.3 is 10.6 Å². The van der Waals surface area contributed by atoms with E-state index in [9.17, 15) is 4.79 Å². The summed E-state index contributed by atoms with van der Waals surface area (Å²) in [5, 5.41) is 6.95. The van der Waals surface area contributed by atoms with Crippen molar-refractivity contribution in [2.45, 2.75) is 18.9 Å². The Morgan fingerprint density at radius 1 is 1.44 bits per heavy atom. The first-order chi connectivity index (χ1) is 7.66. The second-order valence-electron chi connectivity index (χ2n) is 3.76. The van der Waals surface area contributed by atoms with Crippen molar-refractivity contribution in [3.63, 3.8) is 0 Å². The van der Waals surface area contributed by atoms with E-state index in [0.717, 1.165) is 19.4 Å². The van der Waals surface area contributed by atoms with E-state index < -0.39 is 0 Å². The molecule has 0 radical (unpaired) electrons. The fraction of sp³-hybridized carbons (Fsp3) is 0.364. The van der Waals surface area contributed by atoms with E-state index in [2.05, 4.69) is 10.6 Å². The Hall–Kier alpha value is -0.770. The van der Waals surface area contributed by atoms with E-state index in [1.54, 1.807) is 18.2 Å². The van der Waals surface area contributed by atoms with Gasteiger partial charge in [-0.25, -0.2) is 0 Å². The molecule has 1 aliphatic heterocycles. The van der Waals surface area contributed by atoms with Crippen molar-refractivity contribution in [2.75, 3.05) is 11.9 Å². The molecule has 5 heteroatoms. The van der Waals surface area contributed by atoms with Crippen LogP contribution in [-0.4, -0.2) is 18.5 Å². The topological polar surface area (TPSA) is 41.1 Å². The van der Waals surface area contributed by atoms with Gasteiger partial charge in [0, 0.05) is 5.02 Å². The molecule has 0 unspecified atom stereocenters. The predicted octanol–water partition coefficient (Wildman–Crippen LogP) is 2.68. The van der Waals surface area contributed by atoms with Gasteiger partial charge in [0.1, 0.15) is 0 Å². The van der Waals surface area contributed by atoms with Gasteiger partial charge in [-0.3, -0.25) is 4.79 Å². The zero-order chi connectivity index (χ0) is 11.5. The van der Waals surface area contributed by atoms with Gasteiger partial charge in [0.05, 0.1) is 16.8 Å². The first kappa shape index (κ1) is 11.7. The van der Waals surface area contributed by atoms with Crippen molar-refractivity contribution in [3.05, 3.63) is 28.2 Å². The van der Waals surface area contributed by atoms with Crippen LogP contribution in [0.5, 0.6) is 0 Å². The summed E-state index contributed by atoms with van der Waals surface area (Å²) in [5.41, 5.74) is 0.563. The lowest BCUT2D eigenvalue weighted by Crippen LogP contribution is -2.35. The van der Waals surface area contributed by atoms with Gasteiger partial charge in [0.2, 0.25) is 5.91 Å². The highest BCUT2D eigenvalue weighted by Gasteiger charge is 2.22. The maximum Gasteiger partial charge on any atom is 0.241 e. The number of carbonyl (C=O) groups is 1. The van der Waals surface area contributed by atoms with Gasteiger partial charge >= 0.3 is 0 Å². The largest absolute Gasteiger partial charge is 0.323 e. The molecule has 1 amide bonds. The number of hydrogen-bond donors (Lipinski definition) is 2. The molecule has 1 aromatic carbocycles. The highest BCUT2D eigenvalue weighted by atomic mass is 35.5. The summed E-state index contributed by atoms with van der Waals surface area (Å²) in [7, 11) is 0. The molecule has 16 heavy (non-hydrogen) atoms. The van der Waals surface area contributed by atoms with Crippen LogP contribution in [0.4, 0.5) is 5.69 Å². The van der Waals surface area contributed by atoms with Crippen LogP contribution in [0.25, 0.3) is 0 Å². The average Bonchev–Trinajstić information content (AvgIpc) is 2.76. The summed E-state index contributed by atoms with van der Waals surface area (Å²) < 4.78 is 0. The van der Waals surface area contributed by atoms with Crippen molar-refractivity contribution >= 4 is 34.8 Å². The lowest BCUT2D eigenvalue weighted by atomic mass is 10.2. The average molecular weight is 259 g/mol. The third-order valence-electron chi connectivity index (χ3n) is 2.56. The van der Waals surface area contributed by atoms with Crippen LogP contribution in [-0.2, 0) is 4.79 Å². The van der Waals surface area contributed by atoms with Crippen LogP contribution < -0.4 is 10.6 Å². The molecule has 86 valence electrons. The molecule has 1 atom stereocenters. The molecule has 1 aromatic rings. The second-order valence-corrected chi connectivity index (χ2v) is 4.61. The Labute approximate surface area is 104 Å². The molecule has 1 aliphatic rings. The Morgan fingerprint density at radius 3 is 2.94 bits per heavy atom. The van der Waals surface area contributed by atoms with Gasteiger partial charge in [-0.2, -0.15) is 0 Å². The highest BCUT2D eigenvalue weighted by Crippen LogP contribution is 2.25. The predicted molar refractivity (Wildman–Crippen MR) is 66.1 cm³/mol. The van der Waals surface area contributed by atoms with E-state index in [1.807, 2.05) is 0 Å². The summed E-state index contributed by atoms with van der Waals surface area (Å²) in [6.45, 7) is 0.890. The van der Waals surface area contributed by atoms with Crippen molar-refractivity contribution in [3.8, 4) is 0 Å².